The van der Waals surface area contributed by atoms with Gasteiger partial charge < -0.3 is 14.8 Å². The summed E-state index contributed by atoms with van der Waals surface area (Å²) in [5.41, 5.74) is 1.76. The SMILES string of the molecule is Cc1c(C(=O)NCCN(C)C)ccn1C. The number of hydrogen-bond donors (Lipinski definition) is 1. The molecule has 4 heteroatoms. The van der Waals surface area contributed by atoms with Crippen LogP contribution in [0.1, 0.15) is 16.1 Å². The number of nitrogens with one attached hydrogen (secondary N) is 1. The average Bonchev–Trinajstić information content (AvgIpc) is 2.47. The molecule has 0 spiro atoms. The molecule has 0 aliphatic carbocycles. The maximum Gasteiger partial charge on any atom is 0.253 e. The smallest absolute Gasteiger partial charge is 0.253 e. The first-order chi connectivity index (χ1) is 7.02. The molecule has 1 N–H and O–H groups in total. The summed E-state index contributed by atoms with van der Waals surface area (Å²) in [6.45, 7) is 3.48. The summed E-state index contributed by atoms with van der Waals surface area (Å²) in [6.07, 6.45) is 1.90. The van der Waals surface area contributed by atoms with Gasteiger partial charge in [0.2, 0.25) is 0 Å². The van der Waals surface area contributed by atoms with Gasteiger partial charge in [0.1, 0.15) is 0 Å². The lowest BCUT2D eigenvalue weighted by Gasteiger charge is -2.10. The highest BCUT2D eigenvalue weighted by molar-refractivity contribution is 5.95. The molecule has 0 bridgehead atoms. The average molecular weight is 209 g/mol. The Hall–Kier alpha value is -1.29. The van der Waals surface area contributed by atoms with Crippen LogP contribution in [0.2, 0.25) is 0 Å². The molecule has 0 atom stereocenters. The third-order valence-electron chi connectivity index (χ3n) is 2.47. The van der Waals surface area contributed by atoms with Gasteiger partial charge in [-0.25, -0.2) is 0 Å². The number of likely N-dealkylation sites (N-methyl/N-ethyl adjacent to an activating group) is 1. The van der Waals surface area contributed by atoms with Gasteiger partial charge in [0.25, 0.3) is 5.91 Å². The van der Waals surface area contributed by atoms with Crippen molar-refractivity contribution in [1.29, 1.82) is 0 Å². The number of nitrogens with zero attached hydrogens (tertiary/aromatic N) is 2. The van der Waals surface area contributed by atoms with Gasteiger partial charge in [0.15, 0.2) is 0 Å². The molecule has 1 amide bonds. The highest BCUT2D eigenvalue weighted by Gasteiger charge is 2.10. The van der Waals surface area contributed by atoms with Crippen LogP contribution in [0.5, 0.6) is 0 Å². The summed E-state index contributed by atoms with van der Waals surface area (Å²) >= 11 is 0. The third kappa shape index (κ3) is 3.09. The van der Waals surface area contributed by atoms with E-state index in [9.17, 15) is 4.79 Å². The second-order valence-electron chi connectivity index (χ2n) is 3.98. The van der Waals surface area contributed by atoms with E-state index in [1.54, 1.807) is 0 Å². The van der Waals surface area contributed by atoms with Crippen molar-refractivity contribution in [3.8, 4) is 0 Å². The van der Waals surface area contributed by atoms with Crippen molar-refractivity contribution in [2.45, 2.75) is 6.92 Å². The fourth-order valence-corrected chi connectivity index (χ4v) is 1.34. The van der Waals surface area contributed by atoms with Crippen molar-refractivity contribution in [3.63, 3.8) is 0 Å². The van der Waals surface area contributed by atoms with Crippen LogP contribution in [-0.2, 0) is 7.05 Å². The first-order valence-corrected chi connectivity index (χ1v) is 5.07. The molecular weight excluding hydrogens is 190 g/mol. The molecule has 0 radical (unpaired) electrons. The lowest BCUT2D eigenvalue weighted by atomic mass is 10.2. The van der Waals surface area contributed by atoms with Crippen LogP contribution in [0.15, 0.2) is 12.3 Å². The maximum atomic E-state index is 11.7. The first-order valence-electron chi connectivity index (χ1n) is 5.07. The zero-order valence-corrected chi connectivity index (χ0v) is 9.87. The summed E-state index contributed by atoms with van der Waals surface area (Å²) in [5, 5.41) is 2.89. The zero-order valence-electron chi connectivity index (χ0n) is 9.87. The molecular formula is C11H19N3O. The number of hydrogen-bond acceptors (Lipinski definition) is 2. The third-order valence-corrected chi connectivity index (χ3v) is 2.47. The van der Waals surface area contributed by atoms with Crippen molar-refractivity contribution in [3.05, 3.63) is 23.5 Å². The van der Waals surface area contributed by atoms with Crippen molar-refractivity contribution in [2.75, 3.05) is 27.2 Å². The minimum Gasteiger partial charge on any atom is -0.354 e. The largest absolute Gasteiger partial charge is 0.354 e. The predicted octanol–water partition coefficient (Wildman–Crippen LogP) is 0.625. The predicted molar refractivity (Wildman–Crippen MR) is 61.0 cm³/mol. The van der Waals surface area contributed by atoms with Crippen LogP contribution in [0.25, 0.3) is 0 Å². The molecule has 1 aromatic heterocycles. The van der Waals surface area contributed by atoms with Gasteiger partial charge in [-0.1, -0.05) is 0 Å². The van der Waals surface area contributed by atoms with E-state index in [0.717, 1.165) is 17.8 Å². The normalized spacial score (nSPS) is 10.7. The van der Waals surface area contributed by atoms with E-state index in [1.807, 2.05) is 49.8 Å². The van der Waals surface area contributed by atoms with Crippen molar-refractivity contribution in [1.82, 2.24) is 14.8 Å². The molecule has 0 fully saturated rings. The number of aryl methyl sites for hydroxylation is 1. The van der Waals surface area contributed by atoms with Gasteiger partial charge in [-0.05, 0) is 27.1 Å². The Morgan fingerprint density at radius 2 is 2.20 bits per heavy atom. The van der Waals surface area contributed by atoms with Gasteiger partial charge in [-0.3, -0.25) is 4.79 Å². The Kier molecular flexibility index (Phi) is 3.91. The van der Waals surface area contributed by atoms with Gasteiger partial charge in [0.05, 0.1) is 5.56 Å². The molecule has 0 unspecified atom stereocenters. The summed E-state index contributed by atoms with van der Waals surface area (Å²) in [6, 6.07) is 1.85. The first kappa shape index (κ1) is 11.8. The number of amides is 1. The second-order valence-corrected chi connectivity index (χ2v) is 3.98. The molecule has 4 nitrogen and oxygen atoms in total. The summed E-state index contributed by atoms with van der Waals surface area (Å²) in [4.78, 5) is 13.8. The van der Waals surface area contributed by atoms with E-state index in [4.69, 9.17) is 0 Å². The number of rotatable bonds is 4. The van der Waals surface area contributed by atoms with E-state index in [1.165, 1.54) is 0 Å². The van der Waals surface area contributed by atoms with Crippen LogP contribution < -0.4 is 5.32 Å². The molecule has 0 aromatic carbocycles. The molecule has 84 valence electrons. The molecule has 1 aromatic rings. The van der Waals surface area contributed by atoms with Crippen LogP contribution in [-0.4, -0.2) is 42.6 Å². The van der Waals surface area contributed by atoms with Crippen molar-refractivity contribution in [2.24, 2.45) is 7.05 Å². The van der Waals surface area contributed by atoms with E-state index >= 15 is 0 Å². The molecule has 0 aliphatic heterocycles. The van der Waals surface area contributed by atoms with Crippen LogP contribution in [0.4, 0.5) is 0 Å². The topological polar surface area (TPSA) is 37.3 Å². The highest BCUT2D eigenvalue weighted by atomic mass is 16.1. The monoisotopic (exact) mass is 209 g/mol. The minimum atomic E-state index is 0.00921. The Bertz CT molecular complexity index is 342. The van der Waals surface area contributed by atoms with Crippen LogP contribution in [0, 0.1) is 6.92 Å². The molecule has 0 saturated carbocycles. The van der Waals surface area contributed by atoms with Crippen LogP contribution >= 0.6 is 0 Å². The van der Waals surface area contributed by atoms with E-state index < -0.39 is 0 Å². The quantitative estimate of drug-likeness (QED) is 0.789. The lowest BCUT2D eigenvalue weighted by Crippen LogP contribution is -2.31. The highest BCUT2D eigenvalue weighted by Crippen LogP contribution is 2.07. The van der Waals surface area contributed by atoms with Crippen LogP contribution in [0.3, 0.4) is 0 Å². The van der Waals surface area contributed by atoms with Gasteiger partial charge in [-0.2, -0.15) is 0 Å². The summed E-state index contributed by atoms with van der Waals surface area (Å²) < 4.78 is 1.95. The molecule has 1 rings (SSSR count). The van der Waals surface area contributed by atoms with E-state index in [0.29, 0.717) is 6.54 Å². The molecule has 0 saturated heterocycles. The second kappa shape index (κ2) is 4.98. The van der Waals surface area contributed by atoms with Crippen molar-refractivity contribution < 1.29 is 4.79 Å². The molecule has 15 heavy (non-hydrogen) atoms. The van der Waals surface area contributed by atoms with Gasteiger partial charge in [0, 0.05) is 32.0 Å². The van der Waals surface area contributed by atoms with Gasteiger partial charge in [-0.15, -0.1) is 0 Å². The Morgan fingerprint density at radius 3 is 2.67 bits per heavy atom. The Balaban J connectivity index is 2.51. The van der Waals surface area contributed by atoms with E-state index in [2.05, 4.69) is 5.32 Å². The molecule has 1 heterocycles. The lowest BCUT2D eigenvalue weighted by molar-refractivity contribution is 0.0950. The fraction of sp³-hybridized carbons (Fsp3) is 0.545. The summed E-state index contributed by atoms with van der Waals surface area (Å²) in [7, 11) is 5.91. The fourth-order valence-electron chi connectivity index (χ4n) is 1.34. The maximum absolute atomic E-state index is 11.7. The standard InChI is InChI=1S/C11H19N3O/c1-9-10(5-7-14(9)4)11(15)12-6-8-13(2)3/h5,7H,6,8H2,1-4H3,(H,12,15). The van der Waals surface area contributed by atoms with E-state index in [-0.39, 0.29) is 5.91 Å². The summed E-state index contributed by atoms with van der Waals surface area (Å²) in [5.74, 6) is 0.00921. The van der Waals surface area contributed by atoms with Gasteiger partial charge >= 0.3 is 0 Å². The Morgan fingerprint density at radius 1 is 1.53 bits per heavy atom. The molecule has 0 aliphatic rings. The zero-order chi connectivity index (χ0) is 11.4. The number of carbonyl (C=O) groups excluding carboxylic acids is 1. The van der Waals surface area contributed by atoms with Crippen molar-refractivity contribution >= 4 is 5.91 Å². The minimum absolute atomic E-state index is 0.00921. The number of aromatic nitrogens is 1. The number of carbonyl (C=O) groups is 1. The Labute approximate surface area is 90.9 Å².